The number of aromatic nitrogens is 4. The van der Waals surface area contributed by atoms with Crippen LogP contribution in [0.25, 0.3) is 16.9 Å². The summed E-state index contributed by atoms with van der Waals surface area (Å²) in [6.45, 7) is 4.40. The van der Waals surface area contributed by atoms with Gasteiger partial charge in [-0.15, -0.1) is 0 Å². The number of alkyl halides is 2. The van der Waals surface area contributed by atoms with Crippen molar-refractivity contribution < 1.29 is 27.8 Å². The standard InChI is InChI=1S/C28H34F2N8O4/c29-26(30)27-33-20-3-1-2-4-21(20)38(27)23-17-22(34-28(35-23)37-9-13-42-14-10-37)31-18-15-19(16-18)32-24(39)5-6-25(40)36-7-11-41-12-8-36/h1-4,17-19,26H,5-16H2,(H,32,39)(H,31,34,35). The van der Waals surface area contributed by atoms with E-state index in [9.17, 15) is 18.4 Å². The third-order valence-corrected chi connectivity index (χ3v) is 7.79. The molecule has 1 aromatic carbocycles. The van der Waals surface area contributed by atoms with Crippen LogP contribution in [0.5, 0.6) is 0 Å². The predicted octanol–water partition coefficient (Wildman–Crippen LogP) is 2.29. The topological polar surface area (TPSA) is 127 Å². The van der Waals surface area contributed by atoms with Crippen LogP contribution in [0.15, 0.2) is 30.3 Å². The summed E-state index contributed by atoms with van der Waals surface area (Å²) in [4.78, 5) is 42.0. The monoisotopic (exact) mass is 584 g/mol. The second-order valence-corrected chi connectivity index (χ2v) is 10.7. The van der Waals surface area contributed by atoms with Crippen LogP contribution in [0.3, 0.4) is 0 Å². The SMILES string of the molecule is O=C(CCC(=O)N1CCOCC1)NC1CC(Nc2cc(-n3c(C(F)F)nc4ccccc43)nc(N3CCOCC3)n2)C1. The molecule has 4 heterocycles. The summed E-state index contributed by atoms with van der Waals surface area (Å²) in [5.41, 5.74) is 0.988. The number of nitrogens with one attached hydrogen (secondary N) is 2. The van der Waals surface area contributed by atoms with E-state index in [0.717, 1.165) is 0 Å². The zero-order valence-corrected chi connectivity index (χ0v) is 23.2. The van der Waals surface area contributed by atoms with Crippen molar-refractivity contribution in [2.24, 2.45) is 0 Å². The summed E-state index contributed by atoms with van der Waals surface area (Å²) in [6.07, 6.45) is -1.13. The molecule has 42 heavy (non-hydrogen) atoms. The zero-order chi connectivity index (χ0) is 29.1. The molecule has 0 atom stereocenters. The third-order valence-electron chi connectivity index (χ3n) is 7.79. The Balaban J connectivity index is 1.13. The second-order valence-electron chi connectivity index (χ2n) is 10.7. The summed E-state index contributed by atoms with van der Waals surface area (Å²) < 4.78 is 40.3. The molecule has 3 fully saturated rings. The molecule has 2 aliphatic heterocycles. The van der Waals surface area contributed by atoms with Gasteiger partial charge in [-0.2, -0.15) is 9.97 Å². The van der Waals surface area contributed by atoms with Gasteiger partial charge in [-0.25, -0.2) is 13.8 Å². The summed E-state index contributed by atoms with van der Waals surface area (Å²) >= 11 is 0. The number of morpholine rings is 2. The Hall–Kier alpha value is -3.91. The number of carbonyl (C=O) groups is 2. The van der Waals surface area contributed by atoms with Gasteiger partial charge >= 0.3 is 0 Å². The lowest BCUT2D eigenvalue weighted by Crippen LogP contribution is -2.50. The maximum Gasteiger partial charge on any atom is 0.296 e. The highest BCUT2D eigenvalue weighted by Crippen LogP contribution is 2.30. The second kappa shape index (κ2) is 12.5. The number of hydrogen-bond acceptors (Lipinski definition) is 9. The minimum Gasteiger partial charge on any atom is -0.378 e. The number of para-hydroxylation sites is 2. The van der Waals surface area contributed by atoms with Gasteiger partial charge in [-0.05, 0) is 25.0 Å². The first-order valence-corrected chi connectivity index (χ1v) is 14.3. The Labute approximate surface area is 241 Å². The van der Waals surface area contributed by atoms with Crippen LogP contribution in [-0.2, 0) is 19.1 Å². The van der Waals surface area contributed by atoms with Crippen molar-refractivity contribution in [3.05, 3.63) is 36.2 Å². The molecule has 2 N–H and O–H groups in total. The number of halogens is 2. The van der Waals surface area contributed by atoms with Crippen molar-refractivity contribution in [3.63, 3.8) is 0 Å². The fraction of sp³-hybridized carbons (Fsp3) is 0.536. The largest absolute Gasteiger partial charge is 0.378 e. The van der Waals surface area contributed by atoms with Crippen LogP contribution in [0.2, 0.25) is 0 Å². The number of imidazole rings is 1. The lowest BCUT2D eigenvalue weighted by molar-refractivity contribution is -0.137. The van der Waals surface area contributed by atoms with E-state index in [4.69, 9.17) is 14.5 Å². The number of fused-ring (bicyclic) bond motifs is 1. The highest BCUT2D eigenvalue weighted by atomic mass is 19.3. The van der Waals surface area contributed by atoms with Crippen molar-refractivity contribution >= 4 is 34.6 Å². The summed E-state index contributed by atoms with van der Waals surface area (Å²) in [6, 6.07) is 8.65. The highest BCUT2D eigenvalue weighted by molar-refractivity contribution is 5.84. The van der Waals surface area contributed by atoms with Gasteiger partial charge in [0, 0.05) is 57.2 Å². The number of ether oxygens (including phenoxy) is 2. The molecular weight excluding hydrogens is 550 g/mol. The predicted molar refractivity (Wildman–Crippen MR) is 150 cm³/mol. The van der Waals surface area contributed by atoms with E-state index < -0.39 is 6.43 Å². The molecule has 0 unspecified atom stereocenters. The maximum atomic E-state index is 14.1. The number of amides is 2. The van der Waals surface area contributed by atoms with E-state index in [2.05, 4.69) is 20.6 Å². The molecule has 0 bridgehead atoms. The minimum atomic E-state index is -2.80. The number of carbonyl (C=O) groups excluding carboxylic acids is 2. The maximum absolute atomic E-state index is 14.1. The van der Waals surface area contributed by atoms with E-state index in [1.807, 2.05) is 4.90 Å². The lowest BCUT2D eigenvalue weighted by atomic mass is 9.86. The van der Waals surface area contributed by atoms with Crippen LogP contribution in [0, 0.1) is 0 Å². The average Bonchev–Trinajstić information content (AvgIpc) is 3.40. The fourth-order valence-corrected chi connectivity index (χ4v) is 5.50. The van der Waals surface area contributed by atoms with Crippen LogP contribution in [0.1, 0.15) is 37.9 Å². The average molecular weight is 585 g/mol. The van der Waals surface area contributed by atoms with Crippen molar-refractivity contribution in [1.82, 2.24) is 29.7 Å². The number of nitrogens with zero attached hydrogens (tertiary/aromatic N) is 6. The van der Waals surface area contributed by atoms with E-state index in [1.54, 1.807) is 35.2 Å². The first kappa shape index (κ1) is 28.2. The number of benzene rings is 1. The van der Waals surface area contributed by atoms with Gasteiger partial charge in [0.1, 0.15) is 11.6 Å². The Bertz CT molecular complexity index is 1420. The normalized spacial score (nSPS) is 20.9. The van der Waals surface area contributed by atoms with Crippen LogP contribution >= 0.6 is 0 Å². The van der Waals surface area contributed by atoms with Gasteiger partial charge in [0.2, 0.25) is 17.8 Å². The molecule has 12 nitrogen and oxygen atoms in total. The third kappa shape index (κ3) is 6.28. The Morgan fingerprint density at radius 1 is 0.929 bits per heavy atom. The molecule has 1 saturated carbocycles. The quantitative estimate of drug-likeness (QED) is 0.390. The molecule has 2 amide bonds. The molecule has 2 aromatic heterocycles. The molecule has 6 rings (SSSR count). The molecule has 3 aliphatic rings. The van der Waals surface area contributed by atoms with E-state index in [0.29, 0.717) is 94.1 Å². The molecule has 14 heteroatoms. The van der Waals surface area contributed by atoms with Crippen LogP contribution in [-0.4, -0.2) is 101 Å². The Kier molecular flexibility index (Phi) is 8.42. The highest BCUT2D eigenvalue weighted by Gasteiger charge is 2.31. The number of rotatable bonds is 9. The molecule has 0 radical (unpaired) electrons. The first-order valence-electron chi connectivity index (χ1n) is 14.3. The molecule has 0 spiro atoms. The molecule has 3 aromatic rings. The Morgan fingerprint density at radius 2 is 1.64 bits per heavy atom. The summed E-state index contributed by atoms with van der Waals surface area (Å²) in [5, 5.41) is 6.40. The van der Waals surface area contributed by atoms with Gasteiger partial charge in [0.05, 0.1) is 37.5 Å². The van der Waals surface area contributed by atoms with E-state index >= 15 is 0 Å². The van der Waals surface area contributed by atoms with Crippen molar-refractivity contribution in [3.8, 4) is 5.82 Å². The lowest BCUT2D eigenvalue weighted by Gasteiger charge is -2.37. The molecule has 224 valence electrons. The van der Waals surface area contributed by atoms with Crippen molar-refractivity contribution in [1.29, 1.82) is 0 Å². The summed E-state index contributed by atoms with van der Waals surface area (Å²) in [7, 11) is 0. The van der Waals surface area contributed by atoms with Gasteiger partial charge < -0.3 is 29.9 Å². The van der Waals surface area contributed by atoms with Gasteiger partial charge in [-0.3, -0.25) is 14.2 Å². The van der Waals surface area contributed by atoms with Crippen LogP contribution < -0.4 is 15.5 Å². The Morgan fingerprint density at radius 3 is 2.38 bits per heavy atom. The smallest absolute Gasteiger partial charge is 0.296 e. The van der Waals surface area contributed by atoms with Gasteiger partial charge in [0.15, 0.2) is 5.82 Å². The van der Waals surface area contributed by atoms with Crippen molar-refractivity contribution in [2.45, 2.75) is 44.2 Å². The summed E-state index contributed by atoms with van der Waals surface area (Å²) in [5.74, 6) is 0.665. The van der Waals surface area contributed by atoms with Crippen LogP contribution in [0.4, 0.5) is 20.5 Å². The van der Waals surface area contributed by atoms with Gasteiger partial charge in [0.25, 0.3) is 6.43 Å². The zero-order valence-electron chi connectivity index (χ0n) is 23.2. The number of hydrogen-bond donors (Lipinski definition) is 2. The molecule has 2 saturated heterocycles. The van der Waals surface area contributed by atoms with Crippen molar-refractivity contribution in [2.75, 3.05) is 62.8 Å². The molecular formula is C28H34F2N8O4. The van der Waals surface area contributed by atoms with Gasteiger partial charge in [-0.1, -0.05) is 12.1 Å². The van der Waals surface area contributed by atoms with E-state index in [-0.39, 0.29) is 42.6 Å². The minimum absolute atomic E-state index is 0.0171. The first-order chi connectivity index (χ1) is 20.4. The fourth-order valence-electron chi connectivity index (χ4n) is 5.50. The molecule has 1 aliphatic carbocycles. The van der Waals surface area contributed by atoms with E-state index in [1.165, 1.54) is 4.57 Å². The number of anilines is 2.